The second-order valence-corrected chi connectivity index (χ2v) is 9.15. The molecule has 0 amide bonds. The number of ether oxygens (including phenoxy) is 4. The van der Waals surface area contributed by atoms with Crippen LogP contribution in [0.4, 0.5) is 11.4 Å². The molecule has 4 unspecified atom stereocenters. The quantitative estimate of drug-likeness (QED) is 0.296. The molecule has 4 rings (SSSR count). The number of rotatable bonds is 8. The lowest BCUT2D eigenvalue weighted by molar-refractivity contribution is -0.384. The van der Waals surface area contributed by atoms with Gasteiger partial charge in [0.15, 0.2) is 11.5 Å². The van der Waals surface area contributed by atoms with Gasteiger partial charge in [0.05, 0.1) is 41.1 Å². The molecular formula is C26H29N3O9. The van der Waals surface area contributed by atoms with Crippen LogP contribution >= 0.6 is 0 Å². The number of non-ortho nitro benzene ring substituents is 1. The zero-order chi connectivity index (χ0) is 27.4. The molecule has 1 saturated carbocycles. The van der Waals surface area contributed by atoms with E-state index in [0.29, 0.717) is 22.7 Å². The summed E-state index contributed by atoms with van der Waals surface area (Å²) in [6.07, 6.45) is -0.138. The van der Waals surface area contributed by atoms with Crippen LogP contribution in [0.3, 0.4) is 0 Å². The summed E-state index contributed by atoms with van der Waals surface area (Å²) in [5.74, 6) is -3.42. The summed E-state index contributed by atoms with van der Waals surface area (Å²) in [5.41, 5.74) is 2.29. The van der Waals surface area contributed by atoms with Crippen LogP contribution in [0.5, 0.6) is 11.5 Å². The van der Waals surface area contributed by atoms with Crippen LogP contribution in [0.25, 0.3) is 0 Å². The number of hydrazone groups is 1. The zero-order valence-corrected chi connectivity index (χ0v) is 21.2. The van der Waals surface area contributed by atoms with E-state index in [2.05, 4.69) is 10.5 Å². The zero-order valence-electron chi connectivity index (χ0n) is 21.2. The fourth-order valence-electron chi connectivity index (χ4n) is 4.93. The maximum Gasteiger partial charge on any atom is 0.315 e. The number of nitrogens with one attached hydrogen (secondary N) is 1. The highest BCUT2D eigenvalue weighted by atomic mass is 16.7. The number of nitro benzene ring substituents is 1. The van der Waals surface area contributed by atoms with E-state index >= 15 is 0 Å². The summed E-state index contributed by atoms with van der Waals surface area (Å²) < 4.78 is 21.6. The molecule has 0 saturated heterocycles. The van der Waals surface area contributed by atoms with E-state index in [1.165, 1.54) is 31.2 Å². The lowest BCUT2D eigenvalue weighted by atomic mass is 9.61. The van der Waals surface area contributed by atoms with Crippen molar-refractivity contribution in [1.82, 2.24) is 0 Å². The van der Waals surface area contributed by atoms with Crippen molar-refractivity contribution in [2.75, 3.05) is 25.4 Å². The van der Waals surface area contributed by atoms with Crippen molar-refractivity contribution in [2.24, 2.45) is 16.9 Å². The Morgan fingerprint density at radius 3 is 2.42 bits per heavy atom. The molecule has 1 heterocycles. The summed E-state index contributed by atoms with van der Waals surface area (Å²) in [6, 6.07) is 10.6. The first kappa shape index (κ1) is 26.9. The van der Waals surface area contributed by atoms with Gasteiger partial charge in [0.2, 0.25) is 6.79 Å². The highest BCUT2D eigenvalue weighted by molar-refractivity contribution is 6.06. The number of hydrogen-bond donors (Lipinski definition) is 2. The average molecular weight is 528 g/mol. The molecule has 1 aliphatic heterocycles. The SMILES string of the molecule is CCOC(=O)C1/C(=N\Nc2ccc([N+](=O)[O-])cc2)CC(C)(O)C(C(=O)OCC)C1c1ccc2c(c1)OCO2. The third kappa shape index (κ3) is 5.40. The van der Waals surface area contributed by atoms with Gasteiger partial charge in [0.25, 0.3) is 5.69 Å². The van der Waals surface area contributed by atoms with Crippen LogP contribution in [0.1, 0.15) is 38.7 Å². The van der Waals surface area contributed by atoms with Crippen LogP contribution in [0.2, 0.25) is 0 Å². The lowest BCUT2D eigenvalue weighted by Crippen LogP contribution is -2.55. The Morgan fingerprint density at radius 2 is 1.76 bits per heavy atom. The van der Waals surface area contributed by atoms with E-state index in [1.807, 2.05) is 0 Å². The Bertz CT molecular complexity index is 1240. The van der Waals surface area contributed by atoms with Crippen LogP contribution in [0, 0.1) is 22.0 Å². The number of anilines is 1. The molecule has 2 N–H and O–H groups in total. The molecule has 2 aromatic carbocycles. The first-order valence-corrected chi connectivity index (χ1v) is 12.2. The van der Waals surface area contributed by atoms with Crippen molar-refractivity contribution in [3.8, 4) is 11.5 Å². The average Bonchev–Trinajstić information content (AvgIpc) is 3.35. The van der Waals surface area contributed by atoms with E-state index in [4.69, 9.17) is 18.9 Å². The summed E-state index contributed by atoms with van der Waals surface area (Å²) in [4.78, 5) is 37.1. The molecule has 0 spiro atoms. The fourth-order valence-corrected chi connectivity index (χ4v) is 4.93. The van der Waals surface area contributed by atoms with E-state index in [9.17, 15) is 24.8 Å². The second kappa shape index (κ2) is 11.1. The molecule has 0 aromatic heterocycles. The minimum absolute atomic E-state index is 0.0373. The van der Waals surface area contributed by atoms with Gasteiger partial charge in [-0.3, -0.25) is 25.1 Å². The Morgan fingerprint density at radius 1 is 1.11 bits per heavy atom. The first-order valence-electron chi connectivity index (χ1n) is 12.2. The summed E-state index contributed by atoms with van der Waals surface area (Å²) in [7, 11) is 0. The minimum atomic E-state index is -1.65. The van der Waals surface area contributed by atoms with Crippen LogP contribution < -0.4 is 14.9 Å². The van der Waals surface area contributed by atoms with E-state index in [0.717, 1.165) is 0 Å². The van der Waals surface area contributed by atoms with E-state index < -0.39 is 40.2 Å². The molecule has 0 bridgehead atoms. The molecule has 38 heavy (non-hydrogen) atoms. The van der Waals surface area contributed by atoms with Crippen molar-refractivity contribution in [3.63, 3.8) is 0 Å². The molecule has 202 valence electrons. The lowest BCUT2D eigenvalue weighted by Gasteiger charge is -2.45. The van der Waals surface area contributed by atoms with Crippen molar-refractivity contribution >= 4 is 29.0 Å². The van der Waals surface area contributed by atoms with Crippen LogP contribution in [-0.2, 0) is 19.1 Å². The number of esters is 2. The standard InChI is InChI=1S/C26H29N3O9/c1-4-35-24(30)22-18(28-27-16-7-9-17(10-8-16)29(33)34)13-26(3,32)23(25(31)36-5-2)21(22)15-6-11-19-20(12-15)38-14-37-19/h6-12,21-23,27,32H,4-5,13-14H2,1-3H3/b28-18-. The van der Waals surface area contributed by atoms with Gasteiger partial charge in [-0.15, -0.1) is 0 Å². The molecule has 12 heteroatoms. The van der Waals surface area contributed by atoms with Crippen molar-refractivity contribution in [2.45, 2.75) is 38.7 Å². The van der Waals surface area contributed by atoms with E-state index in [1.54, 1.807) is 32.0 Å². The number of nitrogens with zero attached hydrogens (tertiary/aromatic N) is 2. The highest BCUT2D eigenvalue weighted by Gasteiger charge is 2.56. The van der Waals surface area contributed by atoms with Gasteiger partial charge >= 0.3 is 11.9 Å². The molecule has 12 nitrogen and oxygen atoms in total. The minimum Gasteiger partial charge on any atom is -0.466 e. The third-order valence-corrected chi connectivity index (χ3v) is 6.56. The van der Waals surface area contributed by atoms with Crippen LogP contribution in [0.15, 0.2) is 47.6 Å². The van der Waals surface area contributed by atoms with Gasteiger partial charge in [0, 0.05) is 24.5 Å². The molecule has 0 radical (unpaired) electrons. The van der Waals surface area contributed by atoms with E-state index in [-0.39, 0.29) is 37.8 Å². The van der Waals surface area contributed by atoms with Crippen molar-refractivity contribution in [1.29, 1.82) is 0 Å². The molecule has 2 aromatic rings. The number of hydrogen-bond acceptors (Lipinski definition) is 11. The number of fused-ring (bicyclic) bond motifs is 1. The number of aliphatic hydroxyl groups is 1. The Hall–Kier alpha value is -4.19. The molecular weight excluding hydrogens is 498 g/mol. The predicted octanol–water partition coefficient (Wildman–Crippen LogP) is 3.39. The van der Waals surface area contributed by atoms with Gasteiger partial charge in [-0.05, 0) is 50.6 Å². The fraction of sp³-hybridized carbons (Fsp3) is 0.423. The largest absolute Gasteiger partial charge is 0.466 e. The number of benzene rings is 2. The smallest absolute Gasteiger partial charge is 0.315 e. The molecule has 2 aliphatic rings. The summed E-state index contributed by atoms with van der Waals surface area (Å²) in [6.45, 7) is 5.04. The van der Waals surface area contributed by atoms with Gasteiger partial charge in [-0.25, -0.2) is 0 Å². The Balaban J connectivity index is 1.80. The monoisotopic (exact) mass is 527 g/mol. The van der Waals surface area contributed by atoms with Gasteiger partial charge < -0.3 is 24.1 Å². The third-order valence-electron chi connectivity index (χ3n) is 6.56. The molecule has 1 aliphatic carbocycles. The van der Waals surface area contributed by atoms with Gasteiger partial charge in [-0.2, -0.15) is 5.10 Å². The molecule has 1 fully saturated rings. The Kier molecular flexibility index (Phi) is 7.81. The van der Waals surface area contributed by atoms with Crippen LogP contribution in [-0.4, -0.2) is 53.3 Å². The topological polar surface area (TPSA) is 159 Å². The predicted molar refractivity (Wildman–Crippen MR) is 135 cm³/mol. The van der Waals surface area contributed by atoms with Gasteiger partial charge in [0.1, 0.15) is 5.92 Å². The number of nitro groups is 1. The van der Waals surface area contributed by atoms with Crippen molar-refractivity contribution in [3.05, 3.63) is 58.1 Å². The van der Waals surface area contributed by atoms with Gasteiger partial charge in [-0.1, -0.05) is 6.07 Å². The summed E-state index contributed by atoms with van der Waals surface area (Å²) in [5, 5.41) is 26.9. The normalized spacial score (nSPS) is 25.1. The molecule has 4 atom stereocenters. The number of carbonyl (C=O) groups excluding carboxylic acids is 2. The first-order chi connectivity index (χ1) is 18.2. The number of carbonyl (C=O) groups is 2. The maximum absolute atomic E-state index is 13.4. The van der Waals surface area contributed by atoms with Crippen molar-refractivity contribution < 1.29 is 38.6 Å². The summed E-state index contributed by atoms with van der Waals surface area (Å²) >= 11 is 0. The highest BCUT2D eigenvalue weighted by Crippen LogP contribution is 2.49. The Labute approximate surface area is 218 Å². The second-order valence-electron chi connectivity index (χ2n) is 9.15. The maximum atomic E-state index is 13.4.